The largest absolute Gasteiger partial charge is 0.481 e. The number of hydrogen-bond acceptors (Lipinski definition) is 3. The summed E-state index contributed by atoms with van der Waals surface area (Å²) in [7, 11) is 0. The van der Waals surface area contributed by atoms with Crippen molar-refractivity contribution in [2.45, 2.75) is 13.3 Å². The van der Waals surface area contributed by atoms with Gasteiger partial charge in [-0.1, -0.05) is 18.2 Å². The minimum absolute atomic E-state index is 0.113. The summed E-state index contributed by atoms with van der Waals surface area (Å²) in [5.74, 6) is -1.98. The van der Waals surface area contributed by atoms with Gasteiger partial charge in [-0.2, -0.15) is 0 Å². The van der Waals surface area contributed by atoms with Crippen molar-refractivity contribution < 1.29 is 19.5 Å². The van der Waals surface area contributed by atoms with Crippen molar-refractivity contribution in [1.82, 2.24) is 4.90 Å². The molecule has 0 saturated heterocycles. The quantitative estimate of drug-likeness (QED) is 0.849. The zero-order valence-corrected chi connectivity index (χ0v) is 9.42. The Balaban J connectivity index is 2.81. The predicted molar refractivity (Wildman–Crippen MR) is 60.4 cm³/mol. The Hall–Kier alpha value is -2.17. The van der Waals surface area contributed by atoms with E-state index in [2.05, 4.69) is 0 Å². The van der Waals surface area contributed by atoms with Gasteiger partial charge in [-0.15, -0.1) is 0 Å². The Kier molecular flexibility index (Phi) is 4.39. The van der Waals surface area contributed by atoms with Gasteiger partial charge in [-0.3, -0.25) is 19.3 Å². The minimum atomic E-state index is -1.04. The summed E-state index contributed by atoms with van der Waals surface area (Å²) in [5.41, 5.74) is 0.369. The van der Waals surface area contributed by atoms with E-state index in [1.165, 1.54) is 6.92 Å². The van der Waals surface area contributed by atoms with E-state index in [0.717, 1.165) is 4.90 Å². The number of imide groups is 1. The SMILES string of the molecule is CC(=O)N(CCC(=O)O)C(=O)c1ccccc1. The fourth-order valence-corrected chi connectivity index (χ4v) is 1.35. The van der Waals surface area contributed by atoms with Crippen molar-refractivity contribution in [3.05, 3.63) is 35.9 Å². The lowest BCUT2D eigenvalue weighted by Crippen LogP contribution is -2.36. The summed E-state index contributed by atoms with van der Waals surface area (Å²) < 4.78 is 0. The number of nitrogens with zero attached hydrogens (tertiary/aromatic N) is 1. The summed E-state index contributed by atoms with van der Waals surface area (Å²) >= 11 is 0. The molecule has 1 aromatic rings. The van der Waals surface area contributed by atoms with Gasteiger partial charge in [0.15, 0.2) is 0 Å². The maximum absolute atomic E-state index is 11.9. The van der Waals surface area contributed by atoms with E-state index in [1.54, 1.807) is 30.3 Å². The zero-order valence-electron chi connectivity index (χ0n) is 9.42. The van der Waals surface area contributed by atoms with Gasteiger partial charge in [-0.25, -0.2) is 0 Å². The molecule has 0 fully saturated rings. The van der Waals surface area contributed by atoms with Gasteiger partial charge in [-0.05, 0) is 12.1 Å². The number of carboxylic acid groups (broad SMARTS) is 1. The van der Waals surface area contributed by atoms with Crippen LogP contribution in [0.1, 0.15) is 23.7 Å². The highest BCUT2D eigenvalue weighted by molar-refractivity contribution is 6.04. The molecule has 0 heterocycles. The third-order valence-corrected chi connectivity index (χ3v) is 2.20. The smallest absolute Gasteiger partial charge is 0.305 e. The van der Waals surface area contributed by atoms with Crippen LogP contribution in [0.5, 0.6) is 0 Å². The summed E-state index contributed by atoms with van der Waals surface area (Å²) in [6.45, 7) is 1.13. The van der Waals surface area contributed by atoms with E-state index in [-0.39, 0.29) is 13.0 Å². The molecule has 0 aliphatic carbocycles. The van der Waals surface area contributed by atoms with Gasteiger partial charge in [0, 0.05) is 19.0 Å². The fourth-order valence-electron chi connectivity index (χ4n) is 1.35. The zero-order chi connectivity index (χ0) is 12.8. The molecule has 0 bridgehead atoms. The van der Waals surface area contributed by atoms with Crippen LogP contribution in [0.2, 0.25) is 0 Å². The Bertz CT molecular complexity index is 427. The summed E-state index contributed by atoms with van der Waals surface area (Å²) in [6, 6.07) is 8.29. The lowest BCUT2D eigenvalue weighted by molar-refractivity contribution is -0.137. The minimum Gasteiger partial charge on any atom is -0.481 e. The number of carbonyl (C=O) groups is 3. The van der Waals surface area contributed by atoms with Crippen LogP contribution in [0.25, 0.3) is 0 Å². The molecular formula is C12H13NO4. The molecule has 0 radical (unpaired) electrons. The lowest BCUT2D eigenvalue weighted by atomic mass is 10.2. The molecule has 0 saturated carbocycles. The number of benzene rings is 1. The van der Waals surface area contributed by atoms with Crippen molar-refractivity contribution in [3.8, 4) is 0 Å². The first-order valence-electron chi connectivity index (χ1n) is 5.11. The molecule has 2 amide bonds. The van der Waals surface area contributed by atoms with Gasteiger partial charge in [0.1, 0.15) is 0 Å². The van der Waals surface area contributed by atoms with Crippen LogP contribution in [0.15, 0.2) is 30.3 Å². The van der Waals surface area contributed by atoms with E-state index < -0.39 is 17.8 Å². The van der Waals surface area contributed by atoms with Gasteiger partial charge >= 0.3 is 5.97 Å². The van der Waals surface area contributed by atoms with Crippen LogP contribution in [0, 0.1) is 0 Å². The highest BCUT2D eigenvalue weighted by Crippen LogP contribution is 2.05. The molecular weight excluding hydrogens is 222 g/mol. The third kappa shape index (κ3) is 3.71. The van der Waals surface area contributed by atoms with Crippen molar-refractivity contribution in [1.29, 1.82) is 0 Å². The van der Waals surface area contributed by atoms with Gasteiger partial charge in [0.05, 0.1) is 6.42 Å². The van der Waals surface area contributed by atoms with Crippen LogP contribution in [-0.4, -0.2) is 34.3 Å². The highest BCUT2D eigenvalue weighted by Gasteiger charge is 2.19. The Morgan fingerprint density at radius 1 is 1.18 bits per heavy atom. The maximum Gasteiger partial charge on any atom is 0.305 e. The van der Waals surface area contributed by atoms with E-state index in [9.17, 15) is 14.4 Å². The Morgan fingerprint density at radius 3 is 2.24 bits per heavy atom. The van der Waals surface area contributed by atoms with Crippen molar-refractivity contribution in [2.24, 2.45) is 0 Å². The van der Waals surface area contributed by atoms with Crippen molar-refractivity contribution >= 4 is 17.8 Å². The van der Waals surface area contributed by atoms with E-state index >= 15 is 0 Å². The van der Waals surface area contributed by atoms with E-state index in [4.69, 9.17) is 5.11 Å². The number of hydrogen-bond donors (Lipinski definition) is 1. The number of rotatable bonds is 4. The molecule has 0 aliphatic heterocycles. The Morgan fingerprint density at radius 2 is 1.76 bits per heavy atom. The van der Waals surface area contributed by atoms with Crippen molar-refractivity contribution in [2.75, 3.05) is 6.54 Å². The fraction of sp³-hybridized carbons (Fsp3) is 0.250. The first kappa shape index (κ1) is 12.9. The van der Waals surface area contributed by atoms with Crippen LogP contribution < -0.4 is 0 Å². The molecule has 5 heteroatoms. The normalized spacial score (nSPS) is 9.71. The third-order valence-electron chi connectivity index (χ3n) is 2.20. The highest BCUT2D eigenvalue weighted by atomic mass is 16.4. The average Bonchev–Trinajstić information content (AvgIpc) is 2.29. The molecule has 1 rings (SSSR count). The number of carboxylic acids is 1. The lowest BCUT2D eigenvalue weighted by Gasteiger charge is -2.18. The second-order valence-electron chi connectivity index (χ2n) is 3.49. The van der Waals surface area contributed by atoms with Gasteiger partial charge in [0.25, 0.3) is 5.91 Å². The first-order valence-corrected chi connectivity index (χ1v) is 5.11. The molecule has 0 unspecified atom stereocenters. The van der Waals surface area contributed by atoms with Crippen molar-refractivity contribution in [3.63, 3.8) is 0 Å². The molecule has 0 aromatic heterocycles. The molecule has 0 spiro atoms. The average molecular weight is 235 g/mol. The van der Waals surface area contributed by atoms with Crippen LogP contribution in [0.3, 0.4) is 0 Å². The molecule has 5 nitrogen and oxygen atoms in total. The Labute approximate surface area is 98.7 Å². The predicted octanol–water partition coefficient (Wildman–Crippen LogP) is 1.15. The van der Waals surface area contributed by atoms with E-state index in [1.807, 2.05) is 0 Å². The first-order chi connectivity index (χ1) is 8.02. The summed E-state index contributed by atoms with van der Waals surface area (Å²) in [6.07, 6.45) is -0.252. The van der Waals surface area contributed by atoms with Gasteiger partial charge < -0.3 is 5.11 Å². The maximum atomic E-state index is 11.9. The molecule has 17 heavy (non-hydrogen) atoms. The standard InChI is InChI=1S/C12H13NO4/c1-9(14)13(8-7-11(15)16)12(17)10-5-3-2-4-6-10/h2-6H,7-8H2,1H3,(H,15,16). The van der Waals surface area contributed by atoms with Crippen LogP contribution in [0.4, 0.5) is 0 Å². The van der Waals surface area contributed by atoms with E-state index in [0.29, 0.717) is 5.56 Å². The summed E-state index contributed by atoms with van der Waals surface area (Å²) in [4.78, 5) is 34.6. The molecule has 90 valence electrons. The summed E-state index contributed by atoms with van der Waals surface area (Å²) in [5, 5.41) is 8.55. The molecule has 0 atom stereocenters. The second-order valence-corrected chi connectivity index (χ2v) is 3.49. The number of aliphatic carboxylic acids is 1. The topological polar surface area (TPSA) is 74.7 Å². The molecule has 1 aromatic carbocycles. The molecule has 0 aliphatic rings. The second kappa shape index (κ2) is 5.79. The van der Waals surface area contributed by atoms with Crippen LogP contribution >= 0.6 is 0 Å². The number of carbonyl (C=O) groups excluding carboxylic acids is 2. The van der Waals surface area contributed by atoms with Gasteiger partial charge in [0.2, 0.25) is 5.91 Å². The number of amides is 2. The monoisotopic (exact) mass is 235 g/mol. The molecule has 1 N–H and O–H groups in total. The van der Waals surface area contributed by atoms with Crippen LogP contribution in [-0.2, 0) is 9.59 Å².